The van der Waals surface area contributed by atoms with Crippen molar-refractivity contribution in [3.05, 3.63) is 30.3 Å². The number of para-hydroxylation sites is 1. The van der Waals surface area contributed by atoms with E-state index >= 15 is 0 Å². The monoisotopic (exact) mass is 193 g/mol. The molecule has 0 radical (unpaired) electrons. The van der Waals surface area contributed by atoms with Crippen molar-refractivity contribution in [2.45, 2.75) is 0 Å². The first-order valence-electron chi connectivity index (χ1n) is 3.96. The average Bonchev–Trinajstić information content (AvgIpc) is 2.26. The van der Waals surface area contributed by atoms with Gasteiger partial charge in [-0.05, 0) is 12.1 Å². The lowest BCUT2D eigenvalue weighted by Crippen LogP contribution is -2.26. The van der Waals surface area contributed by atoms with Gasteiger partial charge < -0.3 is 10.5 Å². The topological polar surface area (TPSA) is 76.7 Å². The Hall–Kier alpha value is -2.04. The highest BCUT2D eigenvalue weighted by Gasteiger charge is 2.04. The molecule has 0 aromatic heterocycles. The lowest BCUT2D eigenvalue weighted by atomic mass is 10.3. The fourth-order valence-corrected chi connectivity index (χ4v) is 0.788. The number of rotatable bonds is 2. The van der Waals surface area contributed by atoms with Crippen molar-refractivity contribution in [2.24, 2.45) is 10.8 Å². The number of hydrogen-bond acceptors (Lipinski definition) is 4. The molecule has 1 rings (SSSR count). The molecule has 0 aliphatic rings. The van der Waals surface area contributed by atoms with E-state index in [0.29, 0.717) is 0 Å². The number of carbonyl (C=O) groups excluding carboxylic acids is 1. The molecule has 1 aromatic rings. The van der Waals surface area contributed by atoms with Gasteiger partial charge in [-0.25, -0.2) is 4.79 Å². The van der Waals surface area contributed by atoms with Gasteiger partial charge in [-0.2, -0.15) is 0 Å². The van der Waals surface area contributed by atoms with Gasteiger partial charge in [0.2, 0.25) is 5.84 Å². The van der Waals surface area contributed by atoms with Crippen LogP contribution in [-0.2, 0) is 9.53 Å². The summed E-state index contributed by atoms with van der Waals surface area (Å²) in [6.07, 6.45) is 0. The second-order valence-corrected chi connectivity index (χ2v) is 2.47. The summed E-state index contributed by atoms with van der Waals surface area (Å²) in [7, 11) is 1.24. The molecule has 0 spiro atoms. The summed E-state index contributed by atoms with van der Waals surface area (Å²) in [6, 6.07) is 9.15. The second-order valence-electron chi connectivity index (χ2n) is 2.47. The third-order valence-electron chi connectivity index (χ3n) is 1.47. The molecule has 14 heavy (non-hydrogen) atoms. The van der Waals surface area contributed by atoms with E-state index in [-0.39, 0.29) is 5.84 Å². The zero-order chi connectivity index (χ0) is 10.4. The molecule has 74 valence electrons. The largest absolute Gasteiger partial charge is 0.463 e. The first-order valence-corrected chi connectivity index (χ1v) is 3.96. The van der Waals surface area contributed by atoms with Crippen LogP contribution >= 0.6 is 0 Å². The summed E-state index contributed by atoms with van der Waals surface area (Å²) in [4.78, 5) is 10.8. The summed E-state index contributed by atoms with van der Waals surface area (Å²) in [6.45, 7) is 0. The van der Waals surface area contributed by atoms with Crippen molar-refractivity contribution in [2.75, 3.05) is 12.5 Å². The summed E-state index contributed by atoms with van der Waals surface area (Å²) < 4.78 is 4.37. The number of nitrogens with zero attached hydrogens (tertiary/aromatic N) is 1. The fraction of sp³-hybridized carbons (Fsp3) is 0.111. The standard InChI is InChI=1S/C9H11N3O2/c1-14-9(13)8(10)12-11-7-5-3-2-4-6-7/h2-6,11H,1H3,(H2,10,12). The number of anilines is 1. The highest BCUT2D eigenvalue weighted by atomic mass is 16.5. The number of amidine groups is 1. The number of ether oxygens (including phenoxy) is 1. The molecule has 0 amide bonds. The van der Waals surface area contributed by atoms with Crippen LogP contribution in [0.4, 0.5) is 5.69 Å². The van der Waals surface area contributed by atoms with E-state index < -0.39 is 5.97 Å². The number of nitrogens with two attached hydrogens (primary N) is 1. The van der Waals surface area contributed by atoms with Crippen LogP contribution in [0.2, 0.25) is 0 Å². The minimum absolute atomic E-state index is 0.212. The van der Waals surface area contributed by atoms with Gasteiger partial charge in [0.15, 0.2) is 0 Å². The number of esters is 1. The molecular weight excluding hydrogens is 182 g/mol. The molecule has 5 nitrogen and oxygen atoms in total. The molecule has 0 fully saturated rings. The Balaban J connectivity index is 2.59. The highest BCUT2D eigenvalue weighted by molar-refractivity contribution is 6.34. The van der Waals surface area contributed by atoms with Crippen molar-refractivity contribution >= 4 is 17.5 Å². The number of benzene rings is 1. The number of hydrazone groups is 1. The molecule has 0 bridgehead atoms. The second kappa shape index (κ2) is 4.86. The van der Waals surface area contributed by atoms with Crippen LogP contribution in [0.5, 0.6) is 0 Å². The first-order chi connectivity index (χ1) is 6.74. The zero-order valence-corrected chi connectivity index (χ0v) is 7.73. The van der Waals surface area contributed by atoms with E-state index in [4.69, 9.17) is 5.73 Å². The van der Waals surface area contributed by atoms with Gasteiger partial charge in [0, 0.05) is 0 Å². The zero-order valence-electron chi connectivity index (χ0n) is 7.73. The Morgan fingerprint density at radius 2 is 2.07 bits per heavy atom. The van der Waals surface area contributed by atoms with Crippen molar-refractivity contribution in [1.82, 2.24) is 0 Å². The van der Waals surface area contributed by atoms with Crippen LogP contribution in [0.25, 0.3) is 0 Å². The van der Waals surface area contributed by atoms with E-state index in [1.54, 1.807) is 12.1 Å². The molecule has 0 atom stereocenters. The van der Waals surface area contributed by atoms with Gasteiger partial charge in [-0.3, -0.25) is 5.43 Å². The van der Waals surface area contributed by atoms with Crippen LogP contribution in [0.1, 0.15) is 0 Å². The Kier molecular flexibility index (Phi) is 3.49. The number of methoxy groups -OCH3 is 1. The van der Waals surface area contributed by atoms with Gasteiger partial charge in [0.05, 0.1) is 12.8 Å². The van der Waals surface area contributed by atoms with E-state index in [1.807, 2.05) is 18.2 Å². The van der Waals surface area contributed by atoms with Crippen molar-refractivity contribution < 1.29 is 9.53 Å². The van der Waals surface area contributed by atoms with E-state index in [2.05, 4.69) is 15.3 Å². The molecule has 0 saturated heterocycles. The fourth-order valence-electron chi connectivity index (χ4n) is 0.788. The normalized spacial score (nSPS) is 10.8. The minimum atomic E-state index is -0.659. The summed E-state index contributed by atoms with van der Waals surface area (Å²) in [5.74, 6) is -0.871. The number of carbonyl (C=O) groups is 1. The number of hydrogen-bond donors (Lipinski definition) is 2. The van der Waals surface area contributed by atoms with Crippen LogP contribution in [0.3, 0.4) is 0 Å². The molecule has 0 unspecified atom stereocenters. The van der Waals surface area contributed by atoms with E-state index in [0.717, 1.165) is 5.69 Å². The van der Waals surface area contributed by atoms with Crippen molar-refractivity contribution in [3.8, 4) is 0 Å². The maximum absolute atomic E-state index is 10.8. The SMILES string of the molecule is COC(=O)/C(N)=N/Nc1ccccc1. The first kappa shape index (κ1) is 10.0. The van der Waals surface area contributed by atoms with Crippen LogP contribution < -0.4 is 11.2 Å². The summed E-state index contributed by atoms with van der Waals surface area (Å²) in [5, 5.41) is 3.64. The molecule has 5 heteroatoms. The van der Waals surface area contributed by atoms with E-state index in [1.165, 1.54) is 7.11 Å². The molecule has 0 aliphatic carbocycles. The van der Waals surface area contributed by atoms with E-state index in [9.17, 15) is 4.79 Å². The predicted molar refractivity (Wildman–Crippen MR) is 53.7 cm³/mol. The van der Waals surface area contributed by atoms with Crippen LogP contribution in [0, 0.1) is 0 Å². The van der Waals surface area contributed by atoms with Gasteiger partial charge in [0.1, 0.15) is 0 Å². The molecule has 3 N–H and O–H groups in total. The van der Waals surface area contributed by atoms with Gasteiger partial charge in [-0.1, -0.05) is 18.2 Å². The van der Waals surface area contributed by atoms with Crippen LogP contribution in [0.15, 0.2) is 35.4 Å². The molecule has 0 heterocycles. The Labute approximate surface area is 81.6 Å². The molecule has 1 aromatic carbocycles. The van der Waals surface area contributed by atoms with Crippen molar-refractivity contribution in [3.63, 3.8) is 0 Å². The number of nitrogens with one attached hydrogen (secondary N) is 1. The average molecular weight is 193 g/mol. The lowest BCUT2D eigenvalue weighted by Gasteiger charge is -2.00. The highest BCUT2D eigenvalue weighted by Crippen LogP contribution is 2.03. The quantitative estimate of drug-likeness (QED) is 0.311. The maximum atomic E-state index is 10.8. The van der Waals surface area contributed by atoms with Crippen LogP contribution in [-0.4, -0.2) is 18.9 Å². The Morgan fingerprint density at radius 3 is 2.64 bits per heavy atom. The third kappa shape index (κ3) is 2.78. The predicted octanol–water partition coefficient (Wildman–Crippen LogP) is 0.544. The van der Waals surface area contributed by atoms with Gasteiger partial charge >= 0.3 is 5.97 Å². The Bertz CT molecular complexity index is 335. The lowest BCUT2D eigenvalue weighted by molar-refractivity contribution is -0.132. The van der Waals surface area contributed by atoms with Gasteiger partial charge in [0.25, 0.3) is 0 Å². The van der Waals surface area contributed by atoms with Gasteiger partial charge in [-0.15, -0.1) is 5.10 Å². The molecular formula is C9H11N3O2. The minimum Gasteiger partial charge on any atom is -0.463 e. The maximum Gasteiger partial charge on any atom is 0.375 e. The molecule has 0 saturated carbocycles. The Morgan fingerprint density at radius 1 is 1.43 bits per heavy atom. The summed E-state index contributed by atoms with van der Waals surface area (Å²) in [5.41, 5.74) is 8.66. The summed E-state index contributed by atoms with van der Waals surface area (Å²) >= 11 is 0. The molecule has 0 aliphatic heterocycles. The third-order valence-corrected chi connectivity index (χ3v) is 1.47. The van der Waals surface area contributed by atoms with Crippen molar-refractivity contribution in [1.29, 1.82) is 0 Å². The smallest absolute Gasteiger partial charge is 0.375 e.